The lowest BCUT2D eigenvalue weighted by Crippen LogP contribution is -2.49. The Hall–Kier alpha value is -1.39. The molecular formula is C15H22N4. The number of H-pyrrole nitrogens is 1. The molecule has 1 aromatic carbocycles. The zero-order valence-electron chi connectivity index (χ0n) is 11.7. The van der Waals surface area contributed by atoms with E-state index >= 15 is 0 Å². The van der Waals surface area contributed by atoms with Crippen LogP contribution in [-0.4, -0.2) is 47.6 Å². The summed E-state index contributed by atoms with van der Waals surface area (Å²) in [5.74, 6) is 1.07. The molecule has 102 valence electrons. The molecule has 1 unspecified atom stereocenters. The molecule has 2 aromatic rings. The highest BCUT2D eigenvalue weighted by Crippen LogP contribution is 2.16. The molecule has 4 nitrogen and oxygen atoms in total. The van der Waals surface area contributed by atoms with Crippen LogP contribution < -0.4 is 5.32 Å². The third kappa shape index (κ3) is 2.80. The maximum Gasteiger partial charge on any atom is 0.106 e. The van der Waals surface area contributed by atoms with Crippen molar-refractivity contribution in [1.29, 1.82) is 0 Å². The fourth-order valence-electron chi connectivity index (χ4n) is 2.82. The minimum absolute atomic E-state index is 0.560. The number of aromatic amines is 1. The first-order valence-electron chi connectivity index (χ1n) is 7.14. The zero-order valence-corrected chi connectivity index (χ0v) is 11.7. The molecule has 1 aliphatic rings. The zero-order chi connectivity index (χ0) is 13.2. The lowest BCUT2D eigenvalue weighted by atomic mass is 10.0. The molecule has 1 saturated heterocycles. The van der Waals surface area contributed by atoms with Gasteiger partial charge in [0, 0.05) is 32.1 Å². The molecular weight excluding hydrogens is 236 g/mol. The average molecular weight is 258 g/mol. The molecule has 0 aliphatic carbocycles. The van der Waals surface area contributed by atoms with Gasteiger partial charge in [-0.2, -0.15) is 0 Å². The summed E-state index contributed by atoms with van der Waals surface area (Å²) in [7, 11) is 2.19. The fourth-order valence-corrected chi connectivity index (χ4v) is 2.82. The Balaban J connectivity index is 1.77. The van der Waals surface area contributed by atoms with Crippen molar-refractivity contribution in [3.05, 3.63) is 29.6 Å². The van der Waals surface area contributed by atoms with E-state index in [0.717, 1.165) is 43.8 Å². The summed E-state index contributed by atoms with van der Waals surface area (Å²) in [6, 6.07) is 7.15. The Bertz CT molecular complexity index is 560. The van der Waals surface area contributed by atoms with Crippen molar-refractivity contribution in [3.8, 4) is 0 Å². The van der Waals surface area contributed by atoms with Gasteiger partial charge in [-0.25, -0.2) is 4.98 Å². The van der Waals surface area contributed by atoms with E-state index in [0.29, 0.717) is 6.04 Å². The number of benzene rings is 1. The smallest absolute Gasteiger partial charge is 0.106 e. The van der Waals surface area contributed by atoms with Crippen molar-refractivity contribution < 1.29 is 0 Å². The highest BCUT2D eigenvalue weighted by molar-refractivity contribution is 5.75. The number of imidazole rings is 1. The standard InChI is InChI=1S/C15H22N4/c1-3-15-17-13-5-4-11(9-14(13)18-15)8-12-10-19(2)7-6-16-12/h4-5,9,12,16H,3,6-8,10H2,1-2H3,(H,17,18). The van der Waals surface area contributed by atoms with E-state index in [2.05, 4.69) is 52.4 Å². The van der Waals surface area contributed by atoms with E-state index in [4.69, 9.17) is 0 Å². The van der Waals surface area contributed by atoms with Gasteiger partial charge in [-0.1, -0.05) is 13.0 Å². The monoisotopic (exact) mass is 258 g/mol. The number of likely N-dealkylation sites (N-methyl/N-ethyl adjacent to an activating group) is 1. The molecule has 1 aliphatic heterocycles. The Morgan fingerprint density at radius 2 is 2.32 bits per heavy atom. The predicted molar refractivity (Wildman–Crippen MR) is 78.5 cm³/mol. The van der Waals surface area contributed by atoms with Crippen LogP contribution in [0.2, 0.25) is 0 Å². The van der Waals surface area contributed by atoms with Gasteiger partial charge in [0.05, 0.1) is 11.0 Å². The van der Waals surface area contributed by atoms with Crippen LogP contribution in [0.3, 0.4) is 0 Å². The molecule has 2 N–H and O–H groups in total. The van der Waals surface area contributed by atoms with Crippen LogP contribution >= 0.6 is 0 Å². The van der Waals surface area contributed by atoms with Crippen molar-refractivity contribution >= 4 is 11.0 Å². The van der Waals surface area contributed by atoms with Crippen LogP contribution in [0.1, 0.15) is 18.3 Å². The van der Waals surface area contributed by atoms with E-state index in [9.17, 15) is 0 Å². The molecule has 0 spiro atoms. The second-order valence-corrected chi connectivity index (χ2v) is 5.51. The molecule has 0 bridgehead atoms. The first-order chi connectivity index (χ1) is 9.24. The molecule has 3 rings (SSSR count). The number of nitrogens with zero attached hydrogens (tertiary/aromatic N) is 2. The molecule has 1 atom stereocenters. The number of fused-ring (bicyclic) bond motifs is 1. The summed E-state index contributed by atoms with van der Waals surface area (Å²) < 4.78 is 0. The van der Waals surface area contributed by atoms with E-state index in [1.807, 2.05) is 0 Å². The highest BCUT2D eigenvalue weighted by Gasteiger charge is 2.16. The molecule has 1 aromatic heterocycles. The van der Waals surface area contributed by atoms with Crippen LogP contribution in [0.4, 0.5) is 0 Å². The van der Waals surface area contributed by atoms with Gasteiger partial charge in [0.1, 0.15) is 5.82 Å². The van der Waals surface area contributed by atoms with Crippen molar-refractivity contribution in [1.82, 2.24) is 20.2 Å². The maximum absolute atomic E-state index is 4.55. The lowest BCUT2D eigenvalue weighted by Gasteiger charge is -2.31. The first-order valence-corrected chi connectivity index (χ1v) is 7.14. The summed E-state index contributed by atoms with van der Waals surface area (Å²) >= 11 is 0. The van der Waals surface area contributed by atoms with E-state index in [1.54, 1.807) is 0 Å². The summed E-state index contributed by atoms with van der Waals surface area (Å²) in [4.78, 5) is 10.3. The molecule has 1 fully saturated rings. The van der Waals surface area contributed by atoms with E-state index in [-0.39, 0.29) is 0 Å². The number of aromatic nitrogens is 2. The highest BCUT2D eigenvalue weighted by atomic mass is 15.2. The minimum atomic E-state index is 0.560. The molecule has 0 radical (unpaired) electrons. The third-order valence-electron chi connectivity index (χ3n) is 3.87. The second kappa shape index (κ2) is 5.31. The molecule has 19 heavy (non-hydrogen) atoms. The Morgan fingerprint density at radius 3 is 3.11 bits per heavy atom. The lowest BCUT2D eigenvalue weighted by molar-refractivity contribution is 0.238. The summed E-state index contributed by atoms with van der Waals surface area (Å²) in [6.07, 6.45) is 2.04. The minimum Gasteiger partial charge on any atom is -0.342 e. The van der Waals surface area contributed by atoms with Crippen molar-refractivity contribution in [2.45, 2.75) is 25.8 Å². The molecule has 0 saturated carbocycles. The van der Waals surface area contributed by atoms with Gasteiger partial charge in [0.25, 0.3) is 0 Å². The van der Waals surface area contributed by atoms with Gasteiger partial charge in [0.15, 0.2) is 0 Å². The van der Waals surface area contributed by atoms with Crippen molar-refractivity contribution in [2.75, 3.05) is 26.7 Å². The number of nitrogens with one attached hydrogen (secondary N) is 2. The van der Waals surface area contributed by atoms with Crippen LogP contribution in [0.15, 0.2) is 18.2 Å². The van der Waals surface area contributed by atoms with E-state index < -0.39 is 0 Å². The number of piperazine rings is 1. The summed E-state index contributed by atoms with van der Waals surface area (Å²) in [5, 5.41) is 3.59. The second-order valence-electron chi connectivity index (χ2n) is 5.51. The Morgan fingerprint density at radius 1 is 1.42 bits per heavy atom. The molecule has 2 heterocycles. The van der Waals surface area contributed by atoms with Crippen molar-refractivity contribution in [2.24, 2.45) is 0 Å². The largest absolute Gasteiger partial charge is 0.342 e. The quantitative estimate of drug-likeness (QED) is 0.878. The SMILES string of the molecule is CCc1nc2ccc(CC3CN(C)CCN3)cc2[nH]1. The van der Waals surface area contributed by atoms with Crippen LogP contribution in [0, 0.1) is 0 Å². The number of aryl methyl sites for hydroxylation is 1. The number of hydrogen-bond donors (Lipinski definition) is 2. The van der Waals surface area contributed by atoms with Crippen LogP contribution in [0.5, 0.6) is 0 Å². The molecule has 4 heteroatoms. The van der Waals surface area contributed by atoms with Gasteiger partial charge < -0.3 is 15.2 Å². The van der Waals surface area contributed by atoms with Crippen molar-refractivity contribution in [3.63, 3.8) is 0 Å². The third-order valence-corrected chi connectivity index (χ3v) is 3.87. The summed E-state index contributed by atoms with van der Waals surface area (Å²) in [6.45, 7) is 5.49. The fraction of sp³-hybridized carbons (Fsp3) is 0.533. The normalized spacial score (nSPS) is 21.1. The van der Waals surface area contributed by atoms with Gasteiger partial charge in [0.2, 0.25) is 0 Å². The predicted octanol–water partition coefficient (Wildman–Crippen LogP) is 1.57. The van der Waals surface area contributed by atoms with Gasteiger partial charge >= 0.3 is 0 Å². The van der Waals surface area contributed by atoms with Crippen LogP contribution in [0.25, 0.3) is 11.0 Å². The van der Waals surface area contributed by atoms with Gasteiger partial charge in [-0.15, -0.1) is 0 Å². The summed E-state index contributed by atoms with van der Waals surface area (Å²) in [5.41, 5.74) is 3.62. The Kier molecular flexibility index (Phi) is 3.53. The van der Waals surface area contributed by atoms with E-state index in [1.165, 1.54) is 11.1 Å². The topological polar surface area (TPSA) is 44.0 Å². The maximum atomic E-state index is 4.55. The average Bonchev–Trinajstić information content (AvgIpc) is 2.81. The van der Waals surface area contributed by atoms with Gasteiger partial charge in [-0.3, -0.25) is 0 Å². The van der Waals surface area contributed by atoms with Gasteiger partial charge in [-0.05, 0) is 31.2 Å². The molecule has 0 amide bonds. The number of hydrogen-bond acceptors (Lipinski definition) is 3. The number of rotatable bonds is 3. The Labute approximate surface area is 114 Å². The first kappa shape index (κ1) is 12.6. The van der Waals surface area contributed by atoms with Crippen LogP contribution in [-0.2, 0) is 12.8 Å².